The van der Waals surface area contributed by atoms with E-state index < -0.39 is 0 Å². The van der Waals surface area contributed by atoms with Gasteiger partial charge in [-0.15, -0.1) is 0 Å². The van der Waals surface area contributed by atoms with Crippen molar-refractivity contribution in [1.82, 2.24) is 5.32 Å². The van der Waals surface area contributed by atoms with Crippen molar-refractivity contribution in [3.8, 4) is 0 Å². The van der Waals surface area contributed by atoms with E-state index in [-0.39, 0.29) is 5.91 Å². The van der Waals surface area contributed by atoms with Crippen molar-refractivity contribution in [2.24, 2.45) is 0 Å². The fraction of sp³-hybridized carbons (Fsp3) is 0.619. The molecule has 0 bridgehead atoms. The van der Waals surface area contributed by atoms with Crippen LogP contribution in [0.1, 0.15) is 76.7 Å². The van der Waals surface area contributed by atoms with E-state index >= 15 is 0 Å². The predicted molar refractivity (Wildman–Crippen MR) is 99.3 cm³/mol. The zero-order chi connectivity index (χ0) is 16.6. The van der Waals surface area contributed by atoms with Crippen molar-refractivity contribution in [2.45, 2.75) is 77.6 Å². The van der Waals surface area contributed by atoms with Gasteiger partial charge < -0.3 is 5.32 Å². The molecule has 1 amide bonds. The van der Waals surface area contributed by atoms with Gasteiger partial charge in [0.25, 0.3) is 0 Å². The Kier molecular flexibility index (Phi) is 12.3. The van der Waals surface area contributed by atoms with Crippen LogP contribution in [0.25, 0.3) is 0 Å². The molecule has 0 saturated carbocycles. The van der Waals surface area contributed by atoms with Crippen molar-refractivity contribution in [1.29, 1.82) is 0 Å². The van der Waals surface area contributed by atoms with Crippen molar-refractivity contribution < 1.29 is 4.79 Å². The summed E-state index contributed by atoms with van der Waals surface area (Å²) in [5.41, 5.74) is 1.18. The first kappa shape index (κ1) is 19.7. The number of carbonyl (C=O) groups excluding carboxylic acids is 1. The average Bonchev–Trinajstić information content (AvgIpc) is 2.59. The first-order valence-electron chi connectivity index (χ1n) is 9.48. The van der Waals surface area contributed by atoms with Crippen LogP contribution >= 0.6 is 0 Å². The van der Waals surface area contributed by atoms with Gasteiger partial charge in [0.2, 0.25) is 5.91 Å². The molecule has 0 aromatic heterocycles. The van der Waals surface area contributed by atoms with Crippen LogP contribution in [0.5, 0.6) is 0 Å². The molecule has 0 unspecified atom stereocenters. The monoisotopic (exact) mass is 316 g/mol. The lowest BCUT2D eigenvalue weighted by molar-refractivity contribution is -0.117. The molecule has 0 heterocycles. The molecule has 0 atom stereocenters. The maximum absolute atomic E-state index is 11.7. The van der Waals surface area contributed by atoms with Crippen LogP contribution in [-0.2, 0) is 11.2 Å². The van der Waals surface area contributed by atoms with Crippen molar-refractivity contribution in [2.75, 3.05) is 6.54 Å². The molecule has 0 spiro atoms. The molecule has 1 aromatic carbocycles. The third-order valence-corrected chi connectivity index (χ3v) is 4.20. The zero-order valence-electron chi connectivity index (χ0n) is 14.9. The van der Waals surface area contributed by atoms with Gasteiger partial charge in [-0.2, -0.15) is 0 Å². The van der Waals surface area contributed by atoms with Gasteiger partial charge in [0.1, 0.15) is 0 Å². The molecule has 2 nitrogen and oxygen atoms in total. The Morgan fingerprint density at radius 3 is 2.04 bits per heavy atom. The van der Waals surface area contributed by atoms with Crippen LogP contribution in [0, 0.1) is 6.42 Å². The maximum Gasteiger partial charge on any atom is 0.224 e. The minimum atomic E-state index is 0.0600. The second-order valence-corrected chi connectivity index (χ2v) is 6.37. The van der Waals surface area contributed by atoms with Crippen LogP contribution in [0.2, 0.25) is 0 Å². The number of rotatable bonds is 14. The van der Waals surface area contributed by atoms with Gasteiger partial charge in [0.15, 0.2) is 0 Å². The molecular weight excluding hydrogens is 282 g/mol. The molecule has 0 aliphatic heterocycles. The Morgan fingerprint density at radius 2 is 1.43 bits per heavy atom. The number of amides is 1. The van der Waals surface area contributed by atoms with Crippen LogP contribution in [-0.4, -0.2) is 12.5 Å². The Morgan fingerprint density at radius 1 is 0.870 bits per heavy atom. The summed E-state index contributed by atoms with van der Waals surface area (Å²) in [5.74, 6) is 0.0600. The average molecular weight is 317 g/mol. The van der Waals surface area contributed by atoms with Crippen LogP contribution in [0.4, 0.5) is 0 Å². The summed E-state index contributed by atoms with van der Waals surface area (Å²) in [6.45, 7) is 3.07. The first-order valence-corrected chi connectivity index (χ1v) is 9.48. The summed E-state index contributed by atoms with van der Waals surface area (Å²) in [6.07, 6.45) is 15.7. The molecule has 1 radical (unpaired) electrons. The van der Waals surface area contributed by atoms with E-state index in [4.69, 9.17) is 0 Å². The predicted octanol–water partition coefficient (Wildman–Crippen LogP) is 5.47. The van der Waals surface area contributed by atoms with Gasteiger partial charge in [0, 0.05) is 6.54 Å². The third kappa shape index (κ3) is 11.9. The summed E-state index contributed by atoms with van der Waals surface area (Å²) >= 11 is 0. The van der Waals surface area contributed by atoms with Gasteiger partial charge in [-0.3, -0.25) is 4.79 Å². The number of unbranched alkanes of at least 4 members (excludes halogenated alkanes) is 9. The van der Waals surface area contributed by atoms with Gasteiger partial charge in [0.05, 0.1) is 6.42 Å². The van der Waals surface area contributed by atoms with Gasteiger partial charge >= 0.3 is 0 Å². The molecule has 0 aliphatic rings. The van der Waals surface area contributed by atoms with Gasteiger partial charge in [-0.25, -0.2) is 0 Å². The zero-order valence-corrected chi connectivity index (χ0v) is 14.9. The highest BCUT2D eigenvalue weighted by Gasteiger charge is 2.01. The van der Waals surface area contributed by atoms with Crippen LogP contribution < -0.4 is 5.32 Å². The van der Waals surface area contributed by atoms with Crippen molar-refractivity contribution in [3.05, 3.63) is 42.3 Å². The number of hydrogen-bond acceptors (Lipinski definition) is 1. The molecule has 1 aromatic rings. The molecule has 0 fully saturated rings. The van der Waals surface area contributed by atoms with E-state index in [1.807, 2.05) is 30.3 Å². The lowest BCUT2D eigenvalue weighted by atomic mass is 10.1. The maximum atomic E-state index is 11.7. The van der Waals surface area contributed by atoms with Gasteiger partial charge in [-0.1, -0.05) is 95.0 Å². The van der Waals surface area contributed by atoms with E-state index in [9.17, 15) is 4.79 Å². The second-order valence-electron chi connectivity index (χ2n) is 6.37. The van der Waals surface area contributed by atoms with E-state index in [0.717, 1.165) is 13.0 Å². The smallest absolute Gasteiger partial charge is 0.224 e. The standard InChI is InChI=1S/C21H34NO/c1-2-3-4-5-6-7-8-9-10-14-19-22-21(23)18-17-20-15-12-11-13-16-20/h11-13,15-16,18H,2-10,14,17,19H2,1H3,(H,22,23). The molecule has 1 N–H and O–H groups in total. The van der Waals surface area contributed by atoms with Crippen molar-refractivity contribution >= 4 is 5.91 Å². The third-order valence-electron chi connectivity index (χ3n) is 4.20. The lowest BCUT2D eigenvalue weighted by Crippen LogP contribution is -2.25. The summed E-state index contributed by atoms with van der Waals surface area (Å²) in [7, 11) is 0. The fourth-order valence-electron chi connectivity index (χ4n) is 2.72. The first-order chi connectivity index (χ1) is 11.3. The normalized spacial score (nSPS) is 10.7. The minimum absolute atomic E-state index is 0.0600. The minimum Gasteiger partial charge on any atom is -0.356 e. The lowest BCUT2D eigenvalue weighted by Gasteiger charge is -2.05. The summed E-state index contributed by atoms with van der Waals surface area (Å²) in [5, 5.41) is 2.98. The summed E-state index contributed by atoms with van der Waals surface area (Å²) in [4.78, 5) is 11.7. The van der Waals surface area contributed by atoms with E-state index in [0.29, 0.717) is 6.42 Å². The molecule has 2 heteroatoms. The molecule has 0 aliphatic carbocycles. The SMILES string of the molecule is CCCCCCCCCCCCNC(=O)[CH]Cc1ccccc1. The molecule has 23 heavy (non-hydrogen) atoms. The Balaban J connectivity index is 1.84. The number of hydrogen-bond donors (Lipinski definition) is 1. The van der Waals surface area contributed by atoms with Crippen molar-refractivity contribution in [3.63, 3.8) is 0 Å². The van der Waals surface area contributed by atoms with E-state index in [2.05, 4.69) is 12.2 Å². The number of benzene rings is 1. The van der Waals surface area contributed by atoms with E-state index in [1.54, 1.807) is 6.42 Å². The van der Waals surface area contributed by atoms with E-state index in [1.165, 1.54) is 63.4 Å². The summed E-state index contributed by atoms with van der Waals surface area (Å²) in [6, 6.07) is 10.1. The Hall–Kier alpha value is -1.31. The molecule has 1 rings (SSSR count). The Bertz CT molecular complexity index is 388. The highest BCUT2D eigenvalue weighted by atomic mass is 16.1. The highest BCUT2D eigenvalue weighted by molar-refractivity contribution is 5.84. The quantitative estimate of drug-likeness (QED) is 0.453. The van der Waals surface area contributed by atoms with Gasteiger partial charge in [-0.05, 0) is 18.4 Å². The topological polar surface area (TPSA) is 29.1 Å². The molecular formula is C21H34NO. The summed E-state index contributed by atoms with van der Waals surface area (Å²) < 4.78 is 0. The number of carbonyl (C=O) groups is 1. The molecule has 129 valence electrons. The highest BCUT2D eigenvalue weighted by Crippen LogP contribution is 2.10. The van der Waals surface area contributed by atoms with Crippen LogP contribution in [0.3, 0.4) is 0 Å². The number of nitrogens with one attached hydrogen (secondary N) is 1. The second kappa shape index (κ2) is 14.3. The van der Waals surface area contributed by atoms with Crippen LogP contribution in [0.15, 0.2) is 30.3 Å². The fourth-order valence-corrected chi connectivity index (χ4v) is 2.72. The molecule has 0 saturated heterocycles. The Labute approximate surface area is 143 Å². The largest absolute Gasteiger partial charge is 0.356 e.